The number of benzene rings is 2. The average Bonchev–Trinajstić information content (AvgIpc) is 2.82. The zero-order valence-electron chi connectivity index (χ0n) is 19.3. The van der Waals surface area contributed by atoms with E-state index in [0.29, 0.717) is 5.92 Å². The molecule has 1 atom stereocenters. The largest absolute Gasteiger partial charge is 0.356 e. The van der Waals surface area contributed by atoms with Crippen LogP contribution in [0.25, 0.3) is 11.1 Å². The molecule has 2 aliphatic heterocycles. The van der Waals surface area contributed by atoms with E-state index in [0.717, 1.165) is 75.0 Å². The minimum Gasteiger partial charge on any atom is -0.356 e. The maximum atomic E-state index is 13.1. The number of hydrogen-bond acceptors (Lipinski definition) is 3. The zero-order chi connectivity index (χ0) is 22.5. The third kappa shape index (κ3) is 5.57. The van der Waals surface area contributed by atoms with Crippen LogP contribution in [0.1, 0.15) is 41.6 Å². The number of amides is 2. The van der Waals surface area contributed by atoms with Crippen molar-refractivity contribution in [3.63, 3.8) is 0 Å². The van der Waals surface area contributed by atoms with Crippen molar-refractivity contribution in [1.82, 2.24) is 15.1 Å². The molecule has 2 aromatic rings. The molecule has 1 unspecified atom stereocenters. The highest BCUT2D eigenvalue weighted by Crippen LogP contribution is 2.24. The molecule has 2 heterocycles. The molecular formula is C27H35N3O2. The third-order valence-corrected chi connectivity index (χ3v) is 7.00. The lowest BCUT2D eigenvalue weighted by molar-refractivity contribution is -0.126. The molecule has 0 aromatic heterocycles. The van der Waals surface area contributed by atoms with Gasteiger partial charge in [0.1, 0.15) is 0 Å². The fraction of sp³-hybridized carbons (Fsp3) is 0.481. The van der Waals surface area contributed by atoms with Crippen molar-refractivity contribution in [3.8, 4) is 11.1 Å². The second-order valence-electron chi connectivity index (χ2n) is 9.54. The van der Waals surface area contributed by atoms with Crippen molar-refractivity contribution in [2.45, 2.75) is 32.1 Å². The Hall–Kier alpha value is -2.66. The first-order valence-electron chi connectivity index (χ1n) is 11.9. The van der Waals surface area contributed by atoms with Crippen LogP contribution in [-0.2, 0) is 11.2 Å². The highest BCUT2D eigenvalue weighted by Gasteiger charge is 2.23. The van der Waals surface area contributed by atoms with Gasteiger partial charge in [-0.3, -0.25) is 9.59 Å². The molecular weight excluding hydrogens is 398 g/mol. The quantitative estimate of drug-likeness (QED) is 0.753. The van der Waals surface area contributed by atoms with Gasteiger partial charge in [0.25, 0.3) is 5.91 Å². The Morgan fingerprint density at radius 3 is 2.53 bits per heavy atom. The third-order valence-electron chi connectivity index (χ3n) is 7.00. The van der Waals surface area contributed by atoms with Gasteiger partial charge in [0.05, 0.1) is 0 Å². The second kappa shape index (κ2) is 10.3. The molecule has 0 aliphatic carbocycles. The van der Waals surface area contributed by atoms with Crippen LogP contribution in [0.4, 0.5) is 0 Å². The summed E-state index contributed by atoms with van der Waals surface area (Å²) in [5.74, 6) is 0.930. The van der Waals surface area contributed by atoms with E-state index in [4.69, 9.17) is 0 Å². The normalized spacial score (nSPS) is 20.1. The standard InChI is InChI=1S/C27H35N3O2/c1-29-15-12-21(13-16-29)19-30(2)27(32)25-6-3-5-23(18-25)22-10-8-20(9-11-22)17-24-7-4-14-28-26(24)31/h3,5-6,8-11,18,21,24H,4,7,12-17,19H2,1-2H3,(H,28,31). The second-order valence-corrected chi connectivity index (χ2v) is 9.54. The van der Waals surface area contributed by atoms with Crippen LogP contribution in [0.2, 0.25) is 0 Å². The molecule has 2 aliphatic rings. The van der Waals surface area contributed by atoms with Crippen molar-refractivity contribution in [3.05, 3.63) is 59.7 Å². The molecule has 5 nitrogen and oxygen atoms in total. The molecule has 2 fully saturated rings. The lowest BCUT2D eigenvalue weighted by atomic mass is 9.91. The molecule has 0 radical (unpaired) electrons. The van der Waals surface area contributed by atoms with Crippen molar-refractivity contribution < 1.29 is 9.59 Å². The van der Waals surface area contributed by atoms with Crippen molar-refractivity contribution in [2.75, 3.05) is 40.3 Å². The van der Waals surface area contributed by atoms with Gasteiger partial charge in [-0.05, 0) is 87.0 Å². The lowest BCUT2D eigenvalue weighted by Gasteiger charge is -2.31. The van der Waals surface area contributed by atoms with Gasteiger partial charge in [0, 0.05) is 31.6 Å². The summed E-state index contributed by atoms with van der Waals surface area (Å²) >= 11 is 0. The number of carbonyl (C=O) groups is 2. The van der Waals surface area contributed by atoms with Crippen LogP contribution < -0.4 is 5.32 Å². The number of hydrogen-bond donors (Lipinski definition) is 1. The van der Waals surface area contributed by atoms with E-state index in [2.05, 4.69) is 47.6 Å². The van der Waals surface area contributed by atoms with Gasteiger partial charge in [-0.1, -0.05) is 36.4 Å². The summed E-state index contributed by atoms with van der Waals surface area (Å²) in [7, 11) is 4.08. The topological polar surface area (TPSA) is 52.6 Å². The maximum absolute atomic E-state index is 13.1. The summed E-state index contributed by atoms with van der Waals surface area (Å²) in [5.41, 5.74) is 4.06. The molecule has 2 saturated heterocycles. The van der Waals surface area contributed by atoms with Crippen molar-refractivity contribution in [1.29, 1.82) is 0 Å². The van der Waals surface area contributed by atoms with Crippen molar-refractivity contribution in [2.24, 2.45) is 11.8 Å². The summed E-state index contributed by atoms with van der Waals surface area (Å²) in [5, 5.41) is 2.97. The molecule has 32 heavy (non-hydrogen) atoms. The minimum atomic E-state index is 0.0793. The Bertz CT molecular complexity index is 932. The van der Waals surface area contributed by atoms with Crippen LogP contribution >= 0.6 is 0 Å². The first-order valence-corrected chi connectivity index (χ1v) is 11.9. The molecule has 0 bridgehead atoms. The van der Waals surface area contributed by atoms with Crippen LogP contribution in [-0.4, -0.2) is 61.9 Å². The van der Waals surface area contributed by atoms with Gasteiger partial charge < -0.3 is 15.1 Å². The predicted octanol–water partition coefficient (Wildman–Crippen LogP) is 3.84. The number of rotatable bonds is 6. The lowest BCUT2D eigenvalue weighted by Crippen LogP contribution is -2.37. The molecule has 0 spiro atoms. The monoisotopic (exact) mass is 433 g/mol. The Morgan fingerprint density at radius 1 is 1.06 bits per heavy atom. The first-order chi connectivity index (χ1) is 15.5. The molecule has 0 saturated carbocycles. The van der Waals surface area contributed by atoms with E-state index >= 15 is 0 Å². The average molecular weight is 434 g/mol. The number of nitrogens with zero attached hydrogens (tertiary/aromatic N) is 2. The summed E-state index contributed by atoms with van der Waals surface area (Å²) in [6.07, 6.45) is 5.11. The van der Waals surface area contributed by atoms with E-state index < -0.39 is 0 Å². The van der Waals surface area contributed by atoms with E-state index in [1.807, 2.05) is 30.1 Å². The fourth-order valence-corrected chi connectivity index (χ4v) is 4.92. The first kappa shape index (κ1) is 22.5. The van der Waals surface area contributed by atoms with Gasteiger partial charge in [-0.25, -0.2) is 0 Å². The van der Waals surface area contributed by atoms with E-state index in [1.54, 1.807) is 0 Å². The highest BCUT2D eigenvalue weighted by atomic mass is 16.2. The number of likely N-dealkylation sites (tertiary alicyclic amines) is 1. The summed E-state index contributed by atoms with van der Waals surface area (Å²) < 4.78 is 0. The molecule has 1 N–H and O–H groups in total. The van der Waals surface area contributed by atoms with Gasteiger partial charge in [0.2, 0.25) is 5.91 Å². The van der Waals surface area contributed by atoms with E-state index in [1.165, 1.54) is 5.56 Å². The smallest absolute Gasteiger partial charge is 0.253 e. The molecule has 170 valence electrons. The van der Waals surface area contributed by atoms with Crippen LogP contribution in [0.3, 0.4) is 0 Å². The molecule has 2 aromatic carbocycles. The van der Waals surface area contributed by atoms with Crippen molar-refractivity contribution >= 4 is 11.8 Å². The van der Waals surface area contributed by atoms with Gasteiger partial charge in [-0.15, -0.1) is 0 Å². The Balaban J connectivity index is 1.39. The van der Waals surface area contributed by atoms with Crippen LogP contribution in [0.15, 0.2) is 48.5 Å². The number of carbonyl (C=O) groups excluding carboxylic acids is 2. The Kier molecular flexibility index (Phi) is 7.26. The zero-order valence-corrected chi connectivity index (χ0v) is 19.3. The Labute approximate surface area is 191 Å². The van der Waals surface area contributed by atoms with Crippen LogP contribution in [0.5, 0.6) is 0 Å². The van der Waals surface area contributed by atoms with Gasteiger partial charge in [-0.2, -0.15) is 0 Å². The van der Waals surface area contributed by atoms with Crippen LogP contribution in [0, 0.1) is 11.8 Å². The molecule has 5 heteroatoms. The number of nitrogens with one attached hydrogen (secondary N) is 1. The fourth-order valence-electron chi connectivity index (χ4n) is 4.92. The summed E-state index contributed by atoms with van der Waals surface area (Å²) in [6, 6.07) is 16.3. The highest BCUT2D eigenvalue weighted by molar-refractivity contribution is 5.95. The van der Waals surface area contributed by atoms with E-state index in [-0.39, 0.29) is 17.7 Å². The van der Waals surface area contributed by atoms with E-state index in [9.17, 15) is 9.59 Å². The predicted molar refractivity (Wildman–Crippen MR) is 128 cm³/mol. The minimum absolute atomic E-state index is 0.0793. The van der Waals surface area contributed by atoms with Gasteiger partial charge in [0.15, 0.2) is 0 Å². The SMILES string of the molecule is CN1CCC(CN(C)C(=O)c2cccc(-c3ccc(CC4CCCNC4=O)cc3)c2)CC1. The Morgan fingerprint density at radius 2 is 1.81 bits per heavy atom. The number of piperidine rings is 2. The van der Waals surface area contributed by atoms with Gasteiger partial charge >= 0.3 is 0 Å². The maximum Gasteiger partial charge on any atom is 0.253 e. The molecule has 2 amide bonds. The summed E-state index contributed by atoms with van der Waals surface area (Å²) in [6.45, 7) is 3.85. The molecule has 4 rings (SSSR count). The summed E-state index contributed by atoms with van der Waals surface area (Å²) in [4.78, 5) is 29.3.